The molecule has 1 aromatic rings. The summed E-state index contributed by atoms with van der Waals surface area (Å²) >= 11 is 0. The minimum atomic E-state index is -0.385. The van der Waals surface area contributed by atoms with E-state index in [1.165, 1.54) is 12.8 Å². The van der Waals surface area contributed by atoms with E-state index >= 15 is 0 Å². The van der Waals surface area contributed by atoms with E-state index in [9.17, 15) is 9.59 Å². The summed E-state index contributed by atoms with van der Waals surface area (Å²) in [5.41, 5.74) is 0.975. The van der Waals surface area contributed by atoms with Gasteiger partial charge in [-0.25, -0.2) is 0 Å². The zero-order valence-corrected chi connectivity index (χ0v) is 16.5. The molecule has 0 spiro atoms. The first kappa shape index (κ1) is 19.1. The Bertz CT molecular complexity index is 712. The maximum atomic E-state index is 13.5. The summed E-state index contributed by atoms with van der Waals surface area (Å²) in [6, 6.07) is 5.41. The smallest absolute Gasteiger partial charge is 0.242 e. The Balaban J connectivity index is 1.58. The molecule has 1 aliphatic carbocycles. The highest BCUT2D eigenvalue weighted by Crippen LogP contribution is 2.34. The molecule has 1 aromatic carbocycles. The van der Waals surface area contributed by atoms with Gasteiger partial charge in [0.2, 0.25) is 18.6 Å². The van der Waals surface area contributed by atoms with Crippen LogP contribution >= 0.6 is 0 Å². The molecule has 2 amide bonds. The summed E-state index contributed by atoms with van der Waals surface area (Å²) in [7, 11) is 0. The van der Waals surface area contributed by atoms with E-state index in [1.807, 2.05) is 23.1 Å². The van der Waals surface area contributed by atoms with Gasteiger partial charge in [0.25, 0.3) is 0 Å². The second-order valence-electron chi connectivity index (χ2n) is 8.14. The number of amides is 2. The van der Waals surface area contributed by atoms with Gasteiger partial charge in [0.05, 0.1) is 0 Å². The Morgan fingerprint density at radius 3 is 2.57 bits per heavy atom. The van der Waals surface area contributed by atoms with E-state index in [0.29, 0.717) is 18.8 Å². The minimum absolute atomic E-state index is 0.0137. The number of carbonyl (C=O) groups is 2. The minimum Gasteiger partial charge on any atom is -0.454 e. The summed E-state index contributed by atoms with van der Waals surface area (Å²) in [5.74, 6) is 1.61. The van der Waals surface area contributed by atoms with Gasteiger partial charge in [-0.1, -0.05) is 31.7 Å². The number of ether oxygens (including phenoxy) is 2. The lowest BCUT2D eigenvalue weighted by Gasteiger charge is -2.33. The van der Waals surface area contributed by atoms with Crippen LogP contribution in [0.25, 0.3) is 0 Å². The van der Waals surface area contributed by atoms with Crippen molar-refractivity contribution in [1.82, 2.24) is 10.2 Å². The van der Waals surface area contributed by atoms with Gasteiger partial charge in [0.15, 0.2) is 11.5 Å². The van der Waals surface area contributed by atoms with Crippen molar-refractivity contribution in [2.45, 2.75) is 70.4 Å². The Kier molecular flexibility index (Phi) is 6.03. The van der Waals surface area contributed by atoms with Gasteiger partial charge < -0.3 is 19.7 Å². The van der Waals surface area contributed by atoms with Crippen LogP contribution in [0.2, 0.25) is 0 Å². The maximum Gasteiger partial charge on any atom is 0.242 e. The van der Waals surface area contributed by atoms with Gasteiger partial charge >= 0.3 is 0 Å². The molecule has 1 saturated heterocycles. The number of fused-ring (bicyclic) bond motifs is 1. The molecule has 1 atom stereocenters. The summed E-state index contributed by atoms with van der Waals surface area (Å²) in [4.78, 5) is 28.1. The molecule has 2 fully saturated rings. The number of hydrogen-bond acceptors (Lipinski definition) is 4. The van der Waals surface area contributed by atoms with Gasteiger partial charge in [0, 0.05) is 19.0 Å². The van der Waals surface area contributed by atoms with Crippen LogP contribution in [0.1, 0.15) is 63.4 Å². The number of benzene rings is 1. The molecule has 28 heavy (non-hydrogen) atoms. The van der Waals surface area contributed by atoms with Crippen molar-refractivity contribution in [2.24, 2.45) is 5.92 Å². The van der Waals surface area contributed by atoms with Gasteiger partial charge in [-0.15, -0.1) is 0 Å². The fraction of sp³-hybridized carbons (Fsp3) is 0.636. The molecule has 0 bridgehead atoms. The number of nitrogens with zero attached hydrogens (tertiary/aromatic N) is 1. The first-order valence-electron chi connectivity index (χ1n) is 10.7. The predicted octanol–water partition coefficient (Wildman–Crippen LogP) is 3.38. The van der Waals surface area contributed by atoms with E-state index in [1.54, 1.807) is 0 Å². The van der Waals surface area contributed by atoms with Crippen LogP contribution < -0.4 is 14.8 Å². The van der Waals surface area contributed by atoms with Crippen LogP contribution in [0.15, 0.2) is 18.2 Å². The molecule has 152 valence electrons. The van der Waals surface area contributed by atoms with E-state index in [2.05, 4.69) is 5.32 Å². The molecular formula is C22H30N2O4. The monoisotopic (exact) mass is 386 g/mol. The Morgan fingerprint density at radius 1 is 1.00 bits per heavy atom. The lowest BCUT2D eigenvalue weighted by atomic mass is 9.96. The third-order valence-corrected chi connectivity index (χ3v) is 6.16. The van der Waals surface area contributed by atoms with Crippen molar-refractivity contribution in [3.8, 4) is 11.5 Å². The van der Waals surface area contributed by atoms with Gasteiger partial charge in [-0.2, -0.15) is 0 Å². The zero-order chi connectivity index (χ0) is 19.3. The first-order valence-corrected chi connectivity index (χ1v) is 10.7. The second-order valence-corrected chi connectivity index (χ2v) is 8.14. The third kappa shape index (κ3) is 4.26. The van der Waals surface area contributed by atoms with Crippen molar-refractivity contribution < 1.29 is 19.1 Å². The molecule has 0 unspecified atom stereocenters. The van der Waals surface area contributed by atoms with E-state index in [-0.39, 0.29) is 30.6 Å². The molecule has 0 radical (unpaired) electrons. The number of rotatable bonds is 4. The first-order chi connectivity index (χ1) is 13.7. The van der Waals surface area contributed by atoms with Crippen molar-refractivity contribution >= 4 is 11.8 Å². The molecule has 4 rings (SSSR count). The molecular weight excluding hydrogens is 356 g/mol. The van der Waals surface area contributed by atoms with Crippen LogP contribution in [-0.4, -0.2) is 36.1 Å². The largest absolute Gasteiger partial charge is 0.454 e. The quantitative estimate of drug-likeness (QED) is 0.806. The SMILES string of the molecule is O=C1NCCCC[C@@H]1N(Cc1ccc2c(c1)OCO2)C(=O)C1CCCCCC1. The molecule has 1 N–H and O–H groups in total. The highest BCUT2D eigenvalue weighted by molar-refractivity contribution is 5.88. The lowest BCUT2D eigenvalue weighted by Crippen LogP contribution is -2.50. The summed E-state index contributed by atoms with van der Waals surface area (Å²) in [6.45, 7) is 1.36. The normalized spacial score (nSPS) is 22.9. The standard InChI is InChI=1S/C22H30N2O4/c25-21-18(9-5-6-12-23-21)24(22(26)17-7-3-1-2-4-8-17)14-16-10-11-19-20(13-16)28-15-27-19/h10-11,13,17-18H,1-9,12,14-15H2,(H,23,25)/t18-/m0/s1. The van der Waals surface area contributed by atoms with Crippen LogP contribution in [0.4, 0.5) is 0 Å². The lowest BCUT2D eigenvalue weighted by molar-refractivity contribution is -0.144. The average Bonchev–Trinajstić information content (AvgIpc) is 2.88. The van der Waals surface area contributed by atoms with E-state index in [0.717, 1.165) is 56.3 Å². The molecule has 2 aliphatic heterocycles. The van der Waals surface area contributed by atoms with Gasteiger partial charge in [0.1, 0.15) is 6.04 Å². The highest BCUT2D eigenvalue weighted by atomic mass is 16.7. The van der Waals surface area contributed by atoms with Crippen LogP contribution in [0, 0.1) is 5.92 Å². The summed E-state index contributed by atoms with van der Waals surface area (Å²) in [6.07, 6.45) is 9.14. The Morgan fingerprint density at radius 2 is 1.75 bits per heavy atom. The van der Waals surface area contributed by atoms with Crippen LogP contribution in [-0.2, 0) is 16.1 Å². The van der Waals surface area contributed by atoms with Gasteiger partial charge in [-0.05, 0) is 49.8 Å². The molecule has 6 nitrogen and oxygen atoms in total. The number of nitrogens with one attached hydrogen (secondary N) is 1. The van der Waals surface area contributed by atoms with Gasteiger partial charge in [-0.3, -0.25) is 9.59 Å². The van der Waals surface area contributed by atoms with Crippen molar-refractivity contribution in [3.63, 3.8) is 0 Å². The zero-order valence-electron chi connectivity index (χ0n) is 16.5. The molecule has 6 heteroatoms. The average molecular weight is 386 g/mol. The molecule has 2 heterocycles. The molecule has 3 aliphatic rings. The van der Waals surface area contributed by atoms with Crippen molar-refractivity contribution in [1.29, 1.82) is 0 Å². The number of hydrogen-bond donors (Lipinski definition) is 1. The van der Waals surface area contributed by atoms with Crippen molar-refractivity contribution in [2.75, 3.05) is 13.3 Å². The number of carbonyl (C=O) groups excluding carboxylic acids is 2. The maximum absolute atomic E-state index is 13.5. The highest BCUT2D eigenvalue weighted by Gasteiger charge is 2.34. The fourth-order valence-corrected chi connectivity index (χ4v) is 4.56. The Hall–Kier alpha value is -2.24. The van der Waals surface area contributed by atoms with E-state index in [4.69, 9.17) is 9.47 Å². The fourth-order valence-electron chi connectivity index (χ4n) is 4.56. The Labute approximate surface area is 166 Å². The van der Waals surface area contributed by atoms with Crippen molar-refractivity contribution in [3.05, 3.63) is 23.8 Å². The topological polar surface area (TPSA) is 67.9 Å². The van der Waals surface area contributed by atoms with Crippen LogP contribution in [0.3, 0.4) is 0 Å². The summed E-state index contributed by atoms with van der Waals surface area (Å²) in [5, 5.41) is 3.00. The van der Waals surface area contributed by atoms with E-state index < -0.39 is 0 Å². The third-order valence-electron chi connectivity index (χ3n) is 6.16. The summed E-state index contributed by atoms with van der Waals surface area (Å²) < 4.78 is 10.9. The van der Waals surface area contributed by atoms with Crippen LogP contribution in [0.5, 0.6) is 11.5 Å². The predicted molar refractivity (Wildman–Crippen MR) is 105 cm³/mol. The second kappa shape index (κ2) is 8.84. The molecule has 1 saturated carbocycles. The molecule has 0 aromatic heterocycles.